The number of phenolic OH excluding ortho intramolecular Hbond substituents is 2. The van der Waals surface area contributed by atoms with Crippen molar-refractivity contribution in [1.82, 2.24) is 5.32 Å². The Morgan fingerprint density at radius 1 is 0.690 bits per heavy atom. The molecular formula is C30H30F6N2O4. The Kier molecular flexibility index (Phi) is 8.63. The number of nitrogens with one attached hydrogen (secondary N) is 2. The number of halogens is 6. The predicted octanol–water partition coefficient (Wildman–Crippen LogP) is 7.41. The fourth-order valence-electron chi connectivity index (χ4n) is 4.48. The van der Waals surface area contributed by atoms with E-state index in [2.05, 4.69) is 10.6 Å². The Labute approximate surface area is 238 Å². The molecule has 0 aliphatic carbocycles. The van der Waals surface area contributed by atoms with Gasteiger partial charge in [0.2, 0.25) is 5.41 Å². The molecular weight excluding hydrogens is 566 g/mol. The molecule has 0 unspecified atom stereocenters. The molecule has 4 N–H and O–H groups in total. The second-order valence-corrected chi connectivity index (χ2v) is 11.1. The highest BCUT2D eigenvalue weighted by Gasteiger charge is 2.72. The number of alkyl halides is 6. The summed E-state index contributed by atoms with van der Waals surface area (Å²) in [6.07, 6.45) is -11.9. The van der Waals surface area contributed by atoms with Gasteiger partial charge in [-0.2, -0.15) is 26.3 Å². The van der Waals surface area contributed by atoms with Gasteiger partial charge in [0.05, 0.1) is 5.69 Å². The van der Waals surface area contributed by atoms with Crippen LogP contribution in [0.4, 0.5) is 32.0 Å². The minimum absolute atomic E-state index is 0.0786. The van der Waals surface area contributed by atoms with E-state index in [9.17, 15) is 46.1 Å². The van der Waals surface area contributed by atoms with Crippen molar-refractivity contribution >= 4 is 17.5 Å². The largest absolute Gasteiger partial charge is 0.508 e. The molecule has 0 aliphatic rings. The number of aromatic hydroxyl groups is 2. The average Bonchev–Trinajstić information content (AvgIpc) is 2.84. The van der Waals surface area contributed by atoms with Crippen LogP contribution in [0.5, 0.6) is 11.5 Å². The van der Waals surface area contributed by atoms with Crippen LogP contribution in [0.1, 0.15) is 77.9 Å². The molecule has 0 heterocycles. The van der Waals surface area contributed by atoms with Crippen LogP contribution in [0.3, 0.4) is 0 Å². The van der Waals surface area contributed by atoms with E-state index in [4.69, 9.17) is 0 Å². The molecule has 0 atom stereocenters. The molecule has 0 fully saturated rings. The third kappa shape index (κ3) is 6.32. The zero-order valence-corrected chi connectivity index (χ0v) is 23.3. The number of carbonyl (C=O) groups is 2. The third-order valence-corrected chi connectivity index (χ3v) is 6.51. The summed E-state index contributed by atoms with van der Waals surface area (Å²) in [5.41, 5.74) is -8.32. The first kappa shape index (κ1) is 32.3. The van der Waals surface area contributed by atoms with Gasteiger partial charge in [-0.3, -0.25) is 9.59 Å². The normalized spacial score (nSPS) is 12.8. The van der Waals surface area contributed by atoms with E-state index in [-0.39, 0.29) is 16.7 Å². The monoisotopic (exact) mass is 596 g/mol. The van der Waals surface area contributed by atoms with Crippen LogP contribution in [0.25, 0.3) is 0 Å². The summed E-state index contributed by atoms with van der Waals surface area (Å²) in [7, 11) is 0. The maximum absolute atomic E-state index is 14.7. The van der Waals surface area contributed by atoms with Crippen molar-refractivity contribution in [3.8, 4) is 11.5 Å². The Hall–Kier alpha value is -4.22. The Morgan fingerprint density at radius 3 is 1.60 bits per heavy atom. The van der Waals surface area contributed by atoms with Crippen molar-refractivity contribution in [2.45, 2.75) is 63.8 Å². The van der Waals surface area contributed by atoms with Crippen LogP contribution in [0, 0.1) is 0 Å². The second-order valence-electron chi connectivity index (χ2n) is 11.1. The van der Waals surface area contributed by atoms with Gasteiger partial charge in [-0.15, -0.1) is 0 Å². The number of amides is 2. The molecule has 3 aromatic rings. The van der Waals surface area contributed by atoms with Crippen LogP contribution in [-0.2, 0) is 5.41 Å². The van der Waals surface area contributed by atoms with Crippen LogP contribution >= 0.6 is 0 Å². The molecule has 42 heavy (non-hydrogen) atoms. The quantitative estimate of drug-likeness (QED) is 0.176. The fraction of sp³-hybridized carbons (Fsp3) is 0.333. The van der Waals surface area contributed by atoms with Crippen LogP contribution in [0.2, 0.25) is 0 Å². The molecule has 0 aliphatic heterocycles. The number of phenols is 2. The summed E-state index contributed by atoms with van der Waals surface area (Å²) in [6.45, 7) is 8.30. The zero-order valence-electron chi connectivity index (χ0n) is 23.3. The van der Waals surface area contributed by atoms with E-state index in [0.717, 1.165) is 6.07 Å². The van der Waals surface area contributed by atoms with Crippen LogP contribution in [0.15, 0.2) is 60.7 Å². The number of benzene rings is 3. The summed E-state index contributed by atoms with van der Waals surface area (Å²) in [6, 6.07) is 8.63. The highest BCUT2D eigenvalue weighted by atomic mass is 19.4. The molecule has 226 valence electrons. The molecule has 0 radical (unpaired) electrons. The Balaban J connectivity index is 2.10. The predicted molar refractivity (Wildman–Crippen MR) is 145 cm³/mol. The van der Waals surface area contributed by atoms with Gasteiger partial charge in [-0.05, 0) is 85.8 Å². The topological polar surface area (TPSA) is 98.7 Å². The molecule has 0 saturated carbocycles. The highest BCUT2D eigenvalue weighted by Crippen LogP contribution is 2.57. The Bertz CT molecular complexity index is 1460. The van der Waals surface area contributed by atoms with Gasteiger partial charge >= 0.3 is 12.4 Å². The van der Waals surface area contributed by atoms with Crippen molar-refractivity contribution in [1.29, 1.82) is 0 Å². The highest BCUT2D eigenvalue weighted by molar-refractivity contribution is 6.05. The summed E-state index contributed by atoms with van der Waals surface area (Å²) in [4.78, 5) is 25.2. The molecule has 0 bridgehead atoms. The van der Waals surface area contributed by atoms with Gasteiger partial charge in [-0.25, -0.2) is 0 Å². The molecule has 0 spiro atoms. The van der Waals surface area contributed by atoms with Crippen LogP contribution in [-0.4, -0.2) is 39.9 Å². The summed E-state index contributed by atoms with van der Waals surface area (Å²) in [5.74, 6) is -3.23. The van der Waals surface area contributed by atoms with Gasteiger partial charge in [0.15, 0.2) is 0 Å². The number of carbonyl (C=O) groups excluding carboxylic acids is 2. The van der Waals surface area contributed by atoms with E-state index >= 15 is 0 Å². The maximum atomic E-state index is 14.7. The van der Waals surface area contributed by atoms with E-state index in [1.807, 2.05) is 0 Å². The fourth-order valence-corrected chi connectivity index (χ4v) is 4.48. The summed E-state index contributed by atoms with van der Waals surface area (Å²) < 4.78 is 88.1. The first-order chi connectivity index (χ1) is 19.2. The number of hydrogen-bond donors (Lipinski definition) is 4. The van der Waals surface area contributed by atoms with E-state index in [1.54, 1.807) is 20.8 Å². The number of rotatable bonds is 6. The van der Waals surface area contributed by atoms with Crippen molar-refractivity contribution in [2.75, 3.05) is 5.32 Å². The number of hydrogen-bond acceptors (Lipinski definition) is 4. The van der Waals surface area contributed by atoms with Crippen molar-refractivity contribution in [2.24, 2.45) is 0 Å². The van der Waals surface area contributed by atoms with Crippen molar-refractivity contribution in [3.05, 3.63) is 88.5 Å². The smallest absolute Gasteiger partial charge is 0.411 e. The van der Waals surface area contributed by atoms with E-state index < -0.39 is 69.4 Å². The second kappa shape index (κ2) is 11.2. The minimum Gasteiger partial charge on any atom is -0.508 e. The third-order valence-electron chi connectivity index (χ3n) is 6.51. The molecule has 12 heteroatoms. The lowest BCUT2D eigenvalue weighted by Gasteiger charge is -2.39. The molecule has 6 nitrogen and oxygen atoms in total. The maximum Gasteiger partial charge on any atom is 0.411 e. The first-order valence-corrected chi connectivity index (χ1v) is 12.7. The Morgan fingerprint density at radius 2 is 1.14 bits per heavy atom. The first-order valence-electron chi connectivity index (χ1n) is 12.7. The van der Waals surface area contributed by atoms with Crippen LogP contribution < -0.4 is 10.6 Å². The zero-order chi connectivity index (χ0) is 31.8. The lowest BCUT2D eigenvalue weighted by molar-refractivity contribution is -0.288. The van der Waals surface area contributed by atoms with E-state index in [0.29, 0.717) is 30.3 Å². The van der Waals surface area contributed by atoms with E-state index in [1.165, 1.54) is 38.1 Å². The molecule has 3 aromatic carbocycles. The lowest BCUT2D eigenvalue weighted by atomic mass is 9.72. The molecule has 2 amide bonds. The van der Waals surface area contributed by atoms with Gasteiger partial charge in [0.25, 0.3) is 11.8 Å². The molecule has 0 saturated heterocycles. The number of anilines is 1. The lowest BCUT2D eigenvalue weighted by Crippen LogP contribution is -2.54. The van der Waals surface area contributed by atoms with Gasteiger partial charge in [0, 0.05) is 16.7 Å². The standard InChI is InChI=1S/C30H30F6N2O4/c1-16(2)21-14-19(10-12-23(21)39)28(29(31,32)33,30(34,35)36)20-11-13-24(40)22(15-20)37-25(41)17-6-8-18(9-7-17)26(42)38-27(3,4)5/h6-16,39-40H,1-5H3,(H,37,41)(H,38,42). The summed E-state index contributed by atoms with van der Waals surface area (Å²) in [5, 5.41) is 25.2. The van der Waals surface area contributed by atoms with Gasteiger partial charge < -0.3 is 20.8 Å². The molecule has 3 rings (SSSR count). The van der Waals surface area contributed by atoms with Crippen molar-refractivity contribution in [3.63, 3.8) is 0 Å². The average molecular weight is 597 g/mol. The van der Waals surface area contributed by atoms with Gasteiger partial charge in [0.1, 0.15) is 11.5 Å². The minimum atomic E-state index is -5.93. The van der Waals surface area contributed by atoms with Crippen molar-refractivity contribution < 1.29 is 46.1 Å². The summed E-state index contributed by atoms with van der Waals surface area (Å²) >= 11 is 0. The SMILES string of the molecule is CC(C)c1cc(C(c2ccc(O)c(NC(=O)c3ccc(C(=O)NC(C)(C)C)cc3)c2)(C(F)(F)F)C(F)(F)F)ccc1O. The molecule has 0 aromatic heterocycles. The van der Waals surface area contributed by atoms with Gasteiger partial charge in [-0.1, -0.05) is 32.0 Å².